The molecule has 2 heterocycles. The maximum atomic E-state index is 12.3. The van der Waals surface area contributed by atoms with Crippen molar-refractivity contribution in [2.75, 3.05) is 40.8 Å². The third-order valence-corrected chi connectivity index (χ3v) is 5.02. The minimum Gasteiger partial charge on any atom is -0.414 e. The number of nitrogens with zero attached hydrogens (tertiary/aromatic N) is 2. The summed E-state index contributed by atoms with van der Waals surface area (Å²) in [6.45, 7) is 1.67. The average molecular weight is 418 g/mol. The lowest BCUT2D eigenvalue weighted by Crippen LogP contribution is -2.31. The van der Waals surface area contributed by atoms with Gasteiger partial charge in [-0.1, -0.05) is 0 Å². The molecule has 0 saturated carbocycles. The Labute approximate surface area is 169 Å². The van der Waals surface area contributed by atoms with E-state index in [1.54, 1.807) is 12.1 Å². The summed E-state index contributed by atoms with van der Waals surface area (Å²) < 4.78 is 33.0. The molecule has 1 aromatic carbocycles. The van der Waals surface area contributed by atoms with Crippen LogP contribution in [0.15, 0.2) is 34.7 Å². The summed E-state index contributed by atoms with van der Waals surface area (Å²) in [4.78, 5) is 14.4. The Morgan fingerprint density at radius 3 is 2.66 bits per heavy atom. The number of nitriles is 1. The summed E-state index contributed by atoms with van der Waals surface area (Å²) in [5.74, 6) is -0.214. The normalized spacial score (nSPS) is 14.1. The van der Waals surface area contributed by atoms with Crippen LogP contribution in [0.5, 0.6) is 5.95 Å². The van der Waals surface area contributed by atoms with Gasteiger partial charge in [0.1, 0.15) is 11.9 Å². The number of furan rings is 1. The largest absolute Gasteiger partial charge is 0.419 e. The predicted octanol–water partition coefficient (Wildman–Crippen LogP) is 3.17. The Balaban J connectivity index is 1.78. The fourth-order valence-corrected chi connectivity index (χ4v) is 3.45. The maximum Gasteiger partial charge on any atom is 0.419 e. The van der Waals surface area contributed by atoms with Crippen LogP contribution in [-0.4, -0.2) is 39.7 Å². The van der Waals surface area contributed by atoms with Crippen molar-refractivity contribution in [1.29, 1.82) is 5.26 Å². The summed E-state index contributed by atoms with van der Waals surface area (Å²) in [7, 11) is -3.17. The number of anilines is 3. The van der Waals surface area contributed by atoms with Crippen molar-refractivity contribution >= 4 is 33.0 Å². The van der Waals surface area contributed by atoms with Crippen molar-refractivity contribution in [3.05, 3.63) is 36.1 Å². The van der Waals surface area contributed by atoms with E-state index in [0.717, 1.165) is 44.3 Å². The average Bonchev–Trinajstić information content (AvgIpc) is 3.14. The Kier molecular flexibility index (Phi) is 6.29. The zero-order valence-corrected chi connectivity index (χ0v) is 16.8. The second kappa shape index (κ2) is 8.87. The molecule has 1 fully saturated rings. The first-order valence-corrected chi connectivity index (χ1v) is 11.2. The van der Waals surface area contributed by atoms with E-state index in [2.05, 4.69) is 15.5 Å². The summed E-state index contributed by atoms with van der Waals surface area (Å²) >= 11 is 0. The van der Waals surface area contributed by atoms with Gasteiger partial charge in [-0.2, -0.15) is 5.26 Å². The van der Waals surface area contributed by atoms with Gasteiger partial charge in [0, 0.05) is 31.1 Å². The molecule has 154 valence electrons. The number of nitrogens with one attached hydrogen (secondary N) is 2. The fourth-order valence-electron chi connectivity index (χ4n) is 3.02. The monoisotopic (exact) mass is 418 g/mol. The third-order valence-electron chi connectivity index (χ3n) is 4.35. The second-order valence-electron chi connectivity index (χ2n) is 6.77. The highest BCUT2D eigenvalue weighted by Crippen LogP contribution is 2.32. The van der Waals surface area contributed by atoms with Gasteiger partial charge in [-0.3, -0.25) is 5.32 Å². The molecular formula is C19H22N4O5S. The van der Waals surface area contributed by atoms with Crippen molar-refractivity contribution in [2.45, 2.75) is 19.3 Å². The number of piperidine rings is 1. The number of carbonyl (C=O) groups is 1. The molecule has 2 N–H and O–H groups in total. The molecule has 1 aliphatic rings. The van der Waals surface area contributed by atoms with Gasteiger partial charge in [0.2, 0.25) is 5.76 Å². The minimum absolute atomic E-state index is 0.0445. The van der Waals surface area contributed by atoms with Crippen LogP contribution in [0.3, 0.4) is 0 Å². The van der Waals surface area contributed by atoms with Crippen molar-refractivity contribution < 1.29 is 22.4 Å². The predicted molar refractivity (Wildman–Crippen MR) is 109 cm³/mol. The van der Waals surface area contributed by atoms with Crippen molar-refractivity contribution in [3.8, 4) is 12.0 Å². The molecule has 1 saturated heterocycles. The van der Waals surface area contributed by atoms with Gasteiger partial charge in [-0.25, -0.2) is 13.2 Å². The molecule has 1 aliphatic heterocycles. The zero-order chi connectivity index (χ0) is 20.9. The summed E-state index contributed by atoms with van der Waals surface area (Å²) in [5.41, 5.74) is 1.95. The fraction of sp³-hybridized carbons (Fsp3) is 0.368. The second-order valence-corrected chi connectivity index (χ2v) is 8.91. The molecule has 0 radical (unpaired) electrons. The summed E-state index contributed by atoms with van der Waals surface area (Å²) in [6, 6.07) is 9.81. The van der Waals surface area contributed by atoms with Crippen molar-refractivity contribution in [3.63, 3.8) is 0 Å². The molecule has 10 heteroatoms. The molecule has 3 rings (SSSR count). The highest BCUT2D eigenvalue weighted by molar-refractivity contribution is 7.90. The first-order chi connectivity index (χ1) is 13.8. The van der Waals surface area contributed by atoms with Gasteiger partial charge in [-0.15, -0.1) is 0 Å². The van der Waals surface area contributed by atoms with E-state index in [0.29, 0.717) is 11.4 Å². The van der Waals surface area contributed by atoms with E-state index < -0.39 is 15.9 Å². The molecule has 29 heavy (non-hydrogen) atoms. The standard InChI is InChI=1S/C19H22N4O5S/c1-29(25,26)13-21-14-5-7-16(17(11-14)23-9-3-2-4-10-23)22-19(24)28-18-8-6-15(12-20)27-18/h5-8,11,21H,2-4,9-10,13H2,1H3,(H,22,24). The van der Waals surface area contributed by atoms with Gasteiger partial charge in [-0.05, 0) is 43.5 Å². The van der Waals surface area contributed by atoms with Crippen LogP contribution in [0.25, 0.3) is 0 Å². The Morgan fingerprint density at radius 1 is 1.24 bits per heavy atom. The molecule has 1 aromatic heterocycles. The van der Waals surface area contributed by atoms with E-state index in [1.807, 2.05) is 12.1 Å². The van der Waals surface area contributed by atoms with Gasteiger partial charge in [0.25, 0.3) is 5.95 Å². The van der Waals surface area contributed by atoms with E-state index in [-0.39, 0.29) is 17.6 Å². The Hall–Kier alpha value is -3.19. The van der Waals surface area contributed by atoms with Crippen LogP contribution < -0.4 is 20.3 Å². The molecule has 2 aromatic rings. The lowest BCUT2D eigenvalue weighted by atomic mass is 10.1. The van der Waals surface area contributed by atoms with Gasteiger partial charge in [0.05, 0.1) is 11.4 Å². The number of sulfone groups is 1. The molecule has 1 amide bonds. The smallest absolute Gasteiger partial charge is 0.414 e. The number of hydrogen-bond acceptors (Lipinski definition) is 8. The quantitative estimate of drug-likeness (QED) is 0.733. The number of hydrogen-bond donors (Lipinski definition) is 2. The van der Waals surface area contributed by atoms with Crippen LogP contribution in [0.2, 0.25) is 0 Å². The SMILES string of the molecule is CS(=O)(=O)CNc1ccc(NC(=O)Oc2ccc(C#N)o2)c(N2CCCCC2)c1. The van der Waals surface area contributed by atoms with Crippen LogP contribution in [0, 0.1) is 11.3 Å². The van der Waals surface area contributed by atoms with E-state index >= 15 is 0 Å². The molecule has 0 aliphatic carbocycles. The summed E-state index contributed by atoms with van der Waals surface area (Å²) in [5, 5.41) is 14.4. The molecule has 0 atom stereocenters. The van der Waals surface area contributed by atoms with Crippen molar-refractivity contribution in [1.82, 2.24) is 0 Å². The number of benzene rings is 1. The highest BCUT2D eigenvalue weighted by atomic mass is 32.2. The molecular weight excluding hydrogens is 396 g/mol. The number of carbonyl (C=O) groups excluding carboxylic acids is 1. The van der Waals surface area contributed by atoms with Gasteiger partial charge in [0.15, 0.2) is 9.84 Å². The van der Waals surface area contributed by atoms with Crippen LogP contribution >= 0.6 is 0 Å². The van der Waals surface area contributed by atoms with Crippen LogP contribution in [0.1, 0.15) is 25.0 Å². The molecule has 0 bridgehead atoms. The van der Waals surface area contributed by atoms with Crippen LogP contribution in [-0.2, 0) is 9.84 Å². The Bertz CT molecular complexity index is 1020. The first-order valence-electron chi connectivity index (χ1n) is 9.13. The lowest BCUT2D eigenvalue weighted by molar-refractivity contribution is 0.202. The number of rotatable bonds is 6. The van der Waals surface area contributed by atoms with E-state index in [9.17, 15) is 13.2 Å². The maximum absolute atomic E-state index is 12.3. The highest BCUT2D eigenvalue weighted by Gasteiger charge is 2.18. The lowest BCUT2D eigenvalue weighted by Gasteiger charge is -2.31. The molecule has 0 unspecified atom stereocenters. The molecule has 0 spiro atoms. The zero-order valence-electron chi connectivity index (χ0n) is 16.0. The number of ether oxygens (including phenoxy) is 1. The van der Waals surface area contributed by atoms with Crippen molar-refractivity contribution in [2.24, 2.45) is 0 Å². The first kappa shape index (κ1) is 20.5. The topological polar surface area (TPSA) is 125 Å². The van der Waals surface area contributed by atoms with Gasteiger partial charge >= 0.3 is 6.09 Å². The third kappa shape index (κ3) is 5.89. The molecule has 9 nitrogen and oxygen atoms in total. The van der Waals surface area contributed by atoms with E-state index in [1.165, 1.54) is 12.1 Å². The summed E-state index contributed by atoms with van der Waals surface area (Å²) in [6.07, 6.45) is 3.62. The minimum atomic E-state index is -3.17. The number of amides is 1. The van der Waals surface area contributed by atoms with Gasteiger partial charge < -0.3 is 19.4 Å². The Morgan fingerprint density at radius 2 is 2.00 bits per heavy atom. The van der Waals surface area contributed by atoms with Crippen LogP contribution in [0.4, 0.5) is 21.9 Å². The van der Waals surface area contributed by atoms with E-state index in [4.69, 9.17) is 14.4 Å².